The summed E-state index contributed by atoms with van der Waals surface area (Å²) in [6.07, 6.45) is -0.131. The molecule has 1 saturated heterocycles. The van der Waals surface area contributed by atoms with Gasteiger partial charge in [0.25, 0.3) is 5.56 Å². The molecule has 154 valence electrons. The van der Waals surface area contributed by atoms with Crippen LogP contribution < -0.4 is 9.74 Å². The van der Waals surface area contributed by atoms with Gasteiger partial charge in [0.15, 0.2) is 5.75 Å². The lowest BCUT2D eigenvalue weighted by molar-refractivity contribution is -0.0499. The van der Waals surface area contributed by atoms with Gasteiger partial charge in [0.1, 0.15) is 5.67 Å². The van der Waals surface area contributed by atoms with Crippen molar-refractivity contribution in [2.24, 2.45) is 7.05 Å². The molecule has 1 aliphatic heterocycles. The number of hydrogen-bond donors (Lipinski definition) is 0. The van der Waals surface area contributed by atoms with Gasteiger partial charge in [-0.05, 0) is 30.7 Å². The quantitative estimate of drug-likeness (QED) is 0.431. The third-order valence-electron chi connectivity index (χ3n) is 4.77. The minimum atomic E-state index is -5.98. The van der Waals surface area contributed by atoms with Crippen LogP contribution in [0.4, 0.5) is 17.6 Å². The molecule has 2 heterocycles. The molecule has 0 bridgehead atoms. The van der Waals surface area contributed by atoms with Gasteiger partial charge in [-0.25, -0.2) is 4.39 Å². The predicted molar refractivity (Wildman–Crippen MR) is 92.4 cm³/mol. The van der Waals surface area contributed by atoms with Gasteiger partial charge in [-0.15, -0.1) is 0 Å². The number of ether oxygens (including phenoxy) is 1. The molecular weight excluding hydrogens is 406 g/mol. The largest absolute Gasteiger partial charge is 0.534 e. The van der Waals surface area contributed by atoms with E-state index in [9.17, 15) is 26.4 Å². The van der Waals surface area contributed by atoms with Crippen LogP contribution in [0.3, 0.4) is 0 Å². The number of aryl methyl sites for hydroxylation is 2. The first-order valence-corrected chi connectivity index (χ1v) is 9.69. The van der Waals surface area contributed by atoms with Crippen LogP contribution in [0.5, 0.6) is 5.75 Å². The van der Waals surface area contributed by atoms with Gasteiger partial charge < -0.3 is 13.5 Å². The van der Waals surface area contributed by atoms with Crippen LogP contribution in [0.15, 0.2) is 23.0 Å². The molecule has 6 nitrogen and oxygen atoms in total. The van der Waals surface area contributed by atoms with E-state index in [1.54, 1.807) is 0 Å². The van der Waals surface area contributed by atoms with Gasteiger partial charge in [0.2, 0.25) is 0 Å². The smallest absolute Gasteiger partial charge is 0.381 e. The molecule has 1 fully saturated rings. The maximum Gasteiger partial charge on any atom is 0.534 e. The Morgan fingerprint density at radius 2 is 1.79 bits per heavy atom. The van der Waals surface area contributed by atoms with Gasteiger partial charge in [0.05, 0.1) is 5.52 Å². The molecule has 0 amide bonds. The molecular formula is C17H17F4NO5S. The number of aromatic nitrogens is 1. The van der Waals surface area contributed by atoms with Crippen molar-refractivity contribution in [3.8, 4) is 5.75 Å². The molecule has 1 aliphatic rings. The maximum atomic E-state index is 15.4. The van der Waals surface area contributed by atoms with Gasteiger partial charge in [0, 0.05) is 44.1 Å². The fraction of sp³-hybridized carbons (Fsp3) is 0.471. The lowest BCUT2D eigenvalue weighted by Crippen LogP contribution is -2.31. The number of rotatable bonds is 3. The highest BCUT2D eigenvalue weighted by atomic mass is 32.2. The zero-order chi connectivity index (χ0) is 20.9. The Morgan fingerprint density at radius 3 is 2.36 bits per heavy atom. The second-order valence-corrected chi connectivity index (χ2v) is 8.20. The molecule has 28 heavy (non-hydrogen) atoms. The van der Waals surface area contributed by atoms with Crippen LogP contribution in [0, 0.1) is 6.92 Å². The molecule has 1 aromatic heterocycles. The Hall–Kier alpha value is -2.14. The molecule has 0 saturated carbocycles. The molecule has 0 N–H and O–H groups in total. The number of halogens is 4. The summed E-state index contributed by atoms with van der Waals surface area (Å²) in [6, 6.07) is 3.49. The van der Waals surface area contributed by atoms with Crippen molar-refractivity contribution in [3.05, 3.63) is 39.7 Å². The monoisotopic (exact) mass is 423 g/mol. The van der Waals surface area contributed by atoms with Crippen molar-refractivity contribution in [2.45, 2.75) is 30.9 Å². The van der Waals surface area contributed by atoms with E-state index >= 15 is 4.39 Å². The SMILES string of the molecule is Cc1cc2c(OS(=O)(=O)C(F)(F)F)cc(C3(F)CCOCC3)cc2n(C)c1=O. The van der Waals surface area contributed by atoms with Crippen molar-refractivity contribution < 1.29 is 34.9 Å². The van der Waals surface area contributed by atoms with Crippen LogP contribution in [-0.4, -0.2) is 31.7 Å². The summed E-state index contributed by atoms with van der Waals surface area (Å²) < 4.78 is 87.5. The average molecular weight is 423 g/mol. The first kappa shape index (κ1) is 20.6. The lowest BCUT2D eigenvalue weighted by atomic mass is 9.87. The predicted octanol–water partition coefficient (Wildman–Crippen LogP) is 3.05. The molecule has 3 rings (SSSR count). The molecule has 11 heteroatoms. The van der Waals surface area contributed by atoms with E-state index < -0.39 is 32.6 Å². The topological polar surface area (TPSA) is 74.6 Å². The molecule has 0 spiro atoms. The van der Waals surface area contributed by atoms with Gasteiger partial charge >= 0.3 is 15.6 Å². The van der Waals surface area contributed by atoms with Crippen molar-refractivity contribution in [3.63, 3.8) is 0 Å². The van der Waals surface area contributed by atoms with Gasteiger partial charge in [-0.3, -0.25) is 4.79 Å². The lowest BCUT2D eigenvalue weighted by Gasteiger charge is -2.30. The van der Waals surface area contributed by atoms with Crippen LogP contribution in [0.25, 0.3) is 10.9 Å². The fourth-order valence-corrected chi connectivity index (χ4v) is 3.63. The van der Waals surface area contributed by atoms with E-state index in [4.69, 9.17) is 4.74 Å². The number of benzene rings is 1. The highest BCUT2D eigenvalue weighted by Crippen LogP contribution is 2.41. The van der Waals surface area contributed by atoms with E-state index in [0.717, 1.165) is 10.6 Å². The summed E-state index contributed by atoms with van der Waals surface area (Å²) in [5.74, 6) is -0.688. The van der Waals surface area contributed by atoms with Crippen LogP contribution in [-0.2, 0) is 27.6 Å². The van der Waals surface area contributed by atoms with Crippen LogP contribution in [0.1, 0.15) is 24.0 Å². The minimum absolute atomic E-state index is 0.0492. The second-order valence-electron chi connectivity index (χ2n) is 6.66. The molecule has 0 aliphatic carbocycles. The third kappa shape index (κ3) is 3.48. The first-order valence-electron chi connectivity index (χ1n) is 8.28. The molecule has 2 aromatic rings. The number of hydrogen-bond acceptors (Lipinski definition) is 5. The summed E-state index contributed by atoms with van der Waals surface area (Å²) in [6.45, 7) is 1.61. The first-order chi connectivity index (χ1) is 12.9. The number of alkyl halides is 4. The number of nitrogens with zero attached hydrogens (tertiary/aromatic N) is 1. The summed E-state index contributed by atoms with van der Waals surface area (Å²) in [5.41, 5.74) is -7.91. The standard InChI is InChI=1S/C17H17F4NO5S/c1-10-7-12-13(22(2)15(10)23)8-11(16(18)3-5-26-6-4-16)9-14(12)27-28(24,25)17(19,20)21/h7-9H,3-6H2,1-2H3. The summed E-state index contributed by atoms with van der Waals surface area (Å²) in [5, 5.41) is -0.0492. The molecule has 0 atom stereocenters. The third-order valence-corrected chi connectivity index (χ3v) is 5.74. The minimum Gasteiger partial charge on any atom is -0.381 e. The highest BCUT2D eigenvalue weighted by Gasteiger charge is 2.49. The van der Waals surface area contributed by atoms with Gasteiger partial charge in [-0.2, -0.15) is 21.6 Å². The summed E-state index contributed by atoms with van der Waals surface area (Å²) in [7, 11) is -4.62. The van der Waals surface area contributed by atoms with Crippen LogP contribution in [0.2, 0.25) is 0 Å². The Kier molecular flexibility index (Phi) is 4.95. The summed E-state index contributed by atoms with van der Waals surface area (Å²) in [4.78, 5) is 12.2. The maximum absolute atomic E-state index is 15.4. The van der Waals surface area contributed by atoms with Gasteiger partial charge in [-0.1, -0.05) is 0 Å². The van der Waals surface area contributed by atoms with Crippen molar-refractivity contribution >= 4 is 21.0 Å². The van der Waals surface area contributed by atoms with Crippen molar-refractivity contribution in [1.29, 1.82) is 0 Å². The van der Waals surface area contributed by atoms with E-state index in [0.29, 0.717) is 0 Å². The highest BCUT2D eigenvalue weighted by molar-refractivity contribution is 7.88. The Bertz CT molecular complexity index is 1090. The van der Waals surface area contributed by atoms with E-state index in [1.165, 1.54) is 26.1 Å². The van der Waals surface area contributed by atoms with E-state index in [2.05, 4.69) is 4.18 Å². The zero-order valence-electron chi connectivity index (χ0n) is 15.0. The van der Waals surface area contributed by atoms with E-state index in [1.807, 2.05) is 0 Å². The Labute approximate surface area is 157 Å². The average Bonchev–Trinajstić information content (AvgIpc) is 2.59. The van der Waals surface area contributed by atoms with Crippen molar-refractivity contribution in [1.82, 2.24) is 4.57 Å². The van der Waals surface area contributed by atoms with Crippen molar-refractivity contribution in [2.75, 3.05) is 13.2 Å². The number of fused-ring (bicyclic) bond motifs is 1. The second kappa shape index (κ2) is 6.73. The molecule has 0 unspecified atom stereocenters. The Morgan fingerprint density at radius 1 is 1.18 bits per heavy atom. The summed E-state index contributed by atoms with van der Waals surface area (Å²) >= 11 is 0. The van der Waals surface area contributed by atoms with Crippen LogP contribution >= 0.6 is 0 Å². The zero-order valence-corrected chi connectivity index (χ0v) is 15.8. The Balaban J connectivity index is 2.30. The van der Waals surface area contributed by atoms with E-state index in [-0.39, 0.29) is 48.1 Å². The normalized spacial score (nSPS) is 17.6. The fourth-order valence-electron chi connectivity index (χ4n) is 3.16. The molecule has 0 radical (unpaired) electrons. The molecule has 1 aromatic carbocycles. The number of pyridine rings is 1.